The lowest BCUT2D eigenvalue weighted by Gasteiger charge is -2.21. The van der Waals surface area contributed by atoms with Crippen molar-refractivity contribution in [3.05, 3.63) is 36.0 Å². The molecule has 0 aromatic heterocycles. The van der Waals surface area contributed by atoms with Gasteiger partial charge in [-0.3, -0.25) is 0 Å². The zero-order chi connectivity index (χ0) is 24.4. The summed E-state index contributed by atoms with van der Waals surface area (Å²) in [5, 5.41) is 9.04. The summed E-state index contributed by atoms with van der Waals surface area (Å²) < 4.78 is 0. The molecule has 0 aliphatic rings. The summed E-state index contributed by atoms with van der Waals surface area (Å²) in [6, 6.07) is 0. The van der Waals surface area contributed by atoms with Crippen LogP contribution in [-0.2, 0) is 0 Å². The van der Waals surface area contributed by atoms with Gasteiger partial charge < -0.3 is 10.0 Å². The monoisotopic (exact) mass is 461 g/mol. The molecule has 0 bridgehead atoms. The third-order valence-electron chi connectivity index (χ3n) is 6.65. The molecule has 0 amide bonds. The van der Waals surface area contributed by atoms with Crippen LogP contribution in [0.4, 0.5) is 0 Å². The highest BCUT2D eigenvalue weighted by atomic mass is 16.3. The van der Waals surface area contributed by atoms with Gasteiger partial charge in [0.2, 0.25) is 0 Å². The molecule has 2 nitrogen and oxygen atoms in total. The lowest BCUT2D eigenvalue weighted by molar-refractivity contribution is 0.219. The van der Waals surface area contributed by atoms with Crippen LogP contribution in [-0.4, -0.2) is 36.8 Å². The van der Waals surface area contributed by atoms with Crippen LogP contribution >= 0.6 is 0 Å². The van der Waals surface area contributed by atoms with Crippen molar-refractivity contribution in [3.8, 4) is 0 Å². The Morgan fingerprint density at radius 1 is 0.697 bits per heavy atom. The number of hydrogen-bond donors (Lipinski definition) is 1. The highest BCUT2D eigenvalue weighted by molar-refractivity contribution is 5.10. The van der Waals surface area contributed by atoms with Crippen molar-refractivity contribution in [2.75, 3.05) is 26.7 Å². The summed E-state index contributed by atoms with van der Waals surface area (Å²) in [5.74, 6) is 0.764. The van der Waals surface area contributed by atoms with Crippen LogP contribution < -0.4 is 0 Å². The van der Waals surface area contributed by atoms with Crippen LogP contribution in [0.1, 0.15) is 130 Å². The molecule has 0 radical (unpaired) electrons. The first-order chi connectivity index (χ1) is 16.2. The number of likely N-dealkylation sites (N-methyl/N-ethyl adjacent to an activating group) is 1. The molecule has 194 valence electrons. The number of nitrogens with zero attached hydrogens (tertiary/aromatic N) is 1. The van der Waals surface area contributed by atoms with E-state index in [1.807, 2.05) is 0 Å². The Morgan fingerprint density at radius 3 is 2.00 bits per heavy atom. The fourth-order valence-corrected chi connectivity index (χ4v) is 4.40. The average Bonchev–Trinajstić information content (AvgIpc) is 2.81. The minimum absolute atomic E-state index is 0.268. The highest BCUT2D eigenvalue weighted by Gasteiger charge is 2.13. The van der Waals surface area contributed by atoms with E-state index in [9.17, 15) is 0 Å². The standard InChI is InChI=1S/C31H59NO/c1-5-8-11-13-15-19-24-30(23-10-7-3)31(25-20-16-14-12-9-6-2)26-21-17-18-22-27-32(4)28-29-33/h13-16,25,30,33H,5-12,17-24,26-29H2,1-4H3/b15-13+,16-14+,31-25-. The van der Waals surface area contributed by atoms with E-state index in [1.165, 1.54) is 103 Å². The van der Waals surface area contributed by atoms with Crippen LogP contribution in [0.25, 0.3) is 0 Å². The zero-order valence-corrected chi connectivity index (χ0v) is 23.0. The van der Waals surface area contributed by atoms with Gasteiger partial charge in [0, 0.05) is 6.54 Å². The fraction of sp³-hybridized carbons (Fsp3) is 0.806. The van der Waals surface area contributed by atoms with E-state index in [1.54, 1.807) is 5.57 Å². The van der Waals surface area contributed by atoms with Crippen molar-refractivity contribution < 1.29 is 5.11 Å². The minimum Gasteiger partial charge on any atom is -0.395 e. The Morgan fingerprint density at radius 2 is 1.33 bits per heavy atom. The van der Waals surface area contributed by atoms with Gasteiger partial charge in [-0.05, 0) is 77.3 Å². The van der Waals surface area contributed by atoms with Gasteiger partial charge in [-0.25, -0.2) is 0 Å². The molecule has 0 spiro atoms. The molecule has 2 heteroatoms. The average molecular weight is 462 g/mol. The van der Waals surface area contributed by atoms with E-state index < -0.39 is 0 Å². The predicted molar refractivity (Wildman–Crippen MR) is 150 cm³/mol. The molecule has 1 atom stereocenters. The molecule has 0 saturated heterocycles. The van der Waals surface area contributed by atoms with E-state index in [-0.39, 0.29) is 6.61 Å². The number of hydrogen-bond acceptors (Lipinski definition) is 2. The summed E-state index contributed by atoms with van der Waals surface area (Å²) >= 11 is 0. The summed E-state index contributed by atoms with van der Waals surface area (Å²) in [4.78, 5) is 2.24. The second-order valence-corrected chi connectivity index (χ2v) is 9.85. The smallest absolute Gasteiger partial charge is 0.0558 e. The maximum Gasteiger partial charge on any atom is 0.0558 e. The van der Waals surface area contributed by atoms with Crippen LogP contribution in [0, 0.1) is 5.92 Å². The molecule has 0 saturated carbocycles. The molecule has 0 rings (SSSR count). The quantitative estimate of drug-likeness (QED) is 0.114. The van der Waals surface area contributed by atoms with Crippen molar-refractivity contribution in [1.29, 1.82) is 0 Å². The van der Waals surface area contributed by atoms with E-state index in [0.717, 1.165) is 25.4 Å². The first-order valence-electron chi connectivity index (χ1n) is 14.5. The first kappa shape index (κ1) is 32.1. The number of unbranched alkanes of at least 4 members (excludes halogenated alkanes) is 8. The van der Waals surface area contributed by atoms with Gasteiger partial charge in [0.05, 0.1) is 6.61 Å². The molecule has 0 aliphatic heterocycles. The van der Waals surface area contributed by atoms with Gasteiger partial charge in [-0.2, -0.15) is 0 Å². The summed E-state index contributed by atoms with van der Waals surface area (Å²) in [6.07, 6.45) is 34.1. The molecule has 0 aromatic rings. The van der Waals surface area contributed by atoms with E-state index in [2.05, 4.69) is 63.1 Å². The van der Waals surface area contributed by atoms with Crippen molar-refractivity contribution in [3.63, 3.8) is 0 Å². The van der Waals surface area contributed by atoms with E-state index in [4.69, 9.17) is 5.11 Å². The molecule has 0 aliphatic carbocycles. The third-order valence-corrected chi connectivity index (χ3v) is 6.65. The van der Waals surface area contributed by atoms with Gasteiger partial charge in [0.1, 0.15) is 0 Å². The SMILES string of the molecule is CCCC/C=C/C/C=C(/CCCCCCN(C)CCO)C(CC/C=C/CCCC)CCCC. The van der Waals surface area contributed by atoms with Gasteiger partial charge in [0.25, 0.3) is 0 Å². The molecule has 0 heterocycles. The molecule has 33 heavy (non-hydrogen) atoms. The van der Waals surface area contributed by atoms with Crippen LogP contribution in [0.3, 0.4) is 0 Å². The molecular formula is C31H59NO. The second kappa shape index (κ2) is 25.8. The largest absolute Gasteiger partial charge is 0.395 e. The molecule has 0 aromatic carbocycles. The fourth-order valence-electron chi connectivity index (χ4n) is 4.40. The Balaban J connectivity index is 4.78. The third kappa shape index (κ3) is 21.4. The number of aliphatic hydroxyl groups is 1. The van der Waals surface area contributed by atoms with Gasteiger partial charge in [0.15, 0.2) is 0 Å². The Kier molecular flexibility index (Phi) is 25.1. The Hall–Kier alpha value is -0.860. The molecule has 1 unspecified atom stereocenters. The zero-order valence-electron chi connectivity index (χ0n) is 23.0. The Bertz CT molecular complexity index is 479. The number of allylic oxidation sites excluding steroid dienone is 6. The first-order valence-corrected chi connectivity index (χ1v) is 14.5. The lowest BCUT2D eigenvalue weighted by atomic mass is 9.85. The molecular weight excluding hydrogens is 402 g/mol. The van der Waals surface area contributed by atoms with Gasteiger partial charge >= 0.3 is 0 Å². The van der Waals surface area contributed by atoms with Crippen LogP contribution in [0.5, 0.6) is 0 Å². The van der Waals surface area contributed by atoms with Crippen molar-refractivity contribution in [2.45, 2.75) is 130 Å². The molecule has 1 N–H and O–H groups in total. The lowest BCUT2D eigenvalue weighted by Crippen LogP contribution is -2.23. The van der Waals surface area contributed by atoms with Crippen molar-refractivity contribution >= 4 is 0 Å². The Labute approximate surface area is 208 Å². The maximum atomic E-state index is 9.04. The number of rotatable bonds is 24. The van der Waals surface area contributed by atoms with E-state index in [0.29, 0.717) is 0 Å². The van der Waals surface area contributed by atoms with Crippen molar-refractivity contribution in [1.82, 2.24) is 4.90 Å². The second-order valence-electron chi connectivity index (χ2n) is 9.85. The van der Waals surface area contributed by atoms with E-state index >= 15 is 0 Å². The van der Waals surface area contributed by atoms with Gasteiger partial charge in [-0.1, -0.05) is 108 Å². The normalized spacial score (nSPS) is 13.7. The summed E-state index contributed by atoms with van der Waals surface area (Å²) in [5.41, 5.74) is 1.74. The highest BCUT2D eigenvalue weighted by Crippen LogP contribution is 2.29. The molecule has 0 fully saturated rings. The predicted octanol–water partition coefficient (Wildman–Crippen LogP) is 9.26. The number of aliphatic hydroxyl groups excluding tert-OH is 1. The summed E-state index contributed by atoms with van der Waals surface area (Å²) in [7, 11) is 2.11. The van der Waals surface area contributed by atoms with Crippen LogP contribution in [0.2, 0.25) is 0 Å². The minimum atomic E-state index is 0.268. The summed E-state index contributed by atoms with van der Waals surface area (Å²) in [6.45, 7) is 9.04. The topological polar surface area (TPSA) is 23.5 Å². The van der Waals surface area contributed by atoms with Crippen molar-refractivity contribution in [2.24, 2.45) is 5.92 Å². The van der Waals surface area contributed by atoms with Crippen LogP contribution in [0.15, 0.2) is 36.0 Å². The maximum absolute atomic E-state index is 9.04. The van der Waals surface area contributed by atoms with Gasteiger partial charge in [-0.15, -0.1) is 0 Å².